The highest BCUT2D eigenvalue weighted by Crippen LogP contribution is 2.44. The zero-order valence-electron chi connectivity index (χ0n) is 17.0. The molecule has 0 amide bonds. The third kappa shape index (κ3) is 4.09. The van der Waals surface area contributed by atoms with Crippen LogP contribution in [-0.2, 0) is 27.2 Å². The van der Waals surface area contributed by atoms with Gasteiger partial charge in [0.15, 0.2) is 0 Å². The van der Waals surface area contributed by atoms with Gasteiger partial charge in [0.25, 0.3) is 0 Å². The molecule has 0 N–H and O–H groups in total. The number of ether oxygens (including phenoxy) is 3. The van der Waals surface area contributed by atoms with Crippen LogP contribution in [0.5, 0.6) is 11.5 Å². The molecule has 0 saturated carbocycles. The molecule has 0 unspecified atom stereocenters. The lowest BCUT2D eigenvalue weighted by atomic mass is 9.89. The molecule has 1 aliphatic rings. The quantitative estimate of drug-likeness (QED) is 0.401. The van der Waals surface area contributed by atoms with Crippen molar-refractivity contribution in [3.63, 3.8) is 0 Å². The van der Waals surface area contributed by atoms with Crippen LogP contribution in [0.25, 0.3) is 10.8 Å². The summed E-state index contributed by atoms with van der Waals surface area (Å²) >= 11 is 0. The predicted octanol–water partition coefficient (Wildman–Crippen LogP) is 4.82. The zero-order valence-corrected chi connectivity index (χ0v) is 17.0. The number of carbonyl (C=O) groups is 2. The number of benzene rings is 2. The summed E-state index contributed by atoms with van der Waals surface area (Å²) in [6.07, 6.45) is 2.89. The number of allylic oxidation sites excluding steroid dienone is 2. The summed E-state index contributed by atoms with van der Waals surface area (Å²) < 4.78 is 17.2. The van der Waals surface area contributed by atoms with Gasteiger partial charge < -0.3 is 14.2 Å². The van der Waals surface area contributed by atoms with E-state index in [0.717, 1.165) is 16.9 Å². The lowest BCUT2D eigenvalue weighted by molar-refractivity contribution is -0.131. The molecule has 0 radical (unpaired) electrons. The van der Waals surface area contributed by atoms with Crippen LogP contribution < -0.4 is 9.47 Å². The Bertz CT molecular complexity index is 1060. The number of rotatable bonds is 6. The van der Waals surface area contributed by atoms with Gasteiger partial charge >= 0.3 is 11.9 Å². The Balaban J connectivity index is 2.26. The lowest BCUT2D eigenvalue weighted by Crippen LogP contribution is -2.17. The molecular formula is C24H24O5. The summed E-state index contributed by atoms with van der Waals surface area (Å²) in [5.41, 5.74) is 2.18. The normalized spacial score (nSPS) is 12.6. The molecule has 2 aromatic carbocycles. The third-order valence-electron chi connectivity index (χ3n) is 4.63. The van der Waals surface area contributed by atoms with E-state index in [-0.39, 0.29) is 0 Å². The largest absolute Gasteiger partial charge is 0.498 e. The van der Waals surface area contributed by atoms with Gasteiger partial charge in [-0.3, -0.25) is 0 Å². The maximum Gasteiger partial charge on any atom is 0.338 e. The second-order valence-electron chi connectivity index (χ2n) is 6.98. The topological polar surface area (TPSA) is 61.8 Å². The highest BCUT2D eigenvalue weighted by atomic mass is 16.5. The fraction of sp³-hybridized carbons (Fsp3) is 0.250. The van der Waals surface area contributed by atoms with Gasteiger partial charge in [0.1, 0.15) is 11.5 Å². The van der Waals surface area contributed by atoms with Gasteiger partial charge in [-0.1, -0.05) is 37.4 Å². The monoisotopic (exact) mass is 392 g/mol. The molecule has 1 aliphatic carbocycles. The zero-order chi connectivity index (χ0) is 21.1. The highest BCUT2D eigenvalue weighted by Gasteiger charge is 2.27. The molecule has 5 nitrogen and oxygen atoms in total. The van der Waals surface area contributed by atoms with Gasteiger partial charge in [0.2, 0.25) is 0 Å². The number of hydrogen-bond acceptors (Lipinski definition) is 5. The van der Waals surface area contributed by atoms with Crippen LogP contribution in [0.15, 0.2) is 60.4 Å². The summed E-state index contributed by atoms with van der Waals surface area (Å²) in [6, 6.07) is 7.38. The van der Waals surface area contributed by atoms with Gasteiger partial charge in [-0.2, -0.15) is 0 Å². The fourth-order valence-corrected chi connectivity index (χ4v) is 3.23. The Hall–Kier alpha value is -3.34. The van der Waals surface area contributed by atoms with E-state index in [1.807, 2.05) is 37.3 Å². The molecule has 0 aromatic heterocycles. The SMILES string of the molecule is C=C(C)C(=O)Oc1c2c(c(OC(=O)C(=C)C)c3ccccc13)CC(OCC)=CC2. The van der Waals surface area contributed by atoms with E-state index in [0.29, 0.717) is 52.9 Å². The Morgan fingerprint density at radius 2 is 1.45 bits per heavy atom. The lowest BCUT2D eigenvalue weighted by Gasteiger charge is -2.24. The molecule has 150 valence electrons. The highest BCUT2D eigenvalue weighted by molar-refractivity contribution is 6.01. The number of esters is 2. The molecule has 5 heteroatoms. The number of carbonyl (C=O) groups excluding carboxylic acids is 2. The smallest absolute Gasteiger partial charge is 0.338 e. The van der Waals surface area contributed by atoms with E-state index in [4.69, 9.17) is 14.2 Å². The van der Waals surface area contributed by atoms with Gasteiger partial charge in [-0.25, -0.2) is 9.59 Å². The standard InChI is InChI=1S/C24H24O5/c1-6-27-16-11-12-19-20(13-16)22(29-24(26)15(4)5)18-10-8-7-9-17(18)21(19)28-23(25)14(2)3/h7-11H,2,4,6,12-13H2,1,3,5H3. The molecule has 29 heavy (non-hydrogen) atoms. The number of hydrogen-bond donors (Lipinski definition) is 0. The van der Waals surface area contributed by atoms with Crippen LogP contribution in [0.1, 0.15) is 31.9 Å². The maximum atomic E-state index is 12.3. The van der Waals surface area contributed by atoms with Gasteiger partial charge in [-0.05, 0) is 33.3 Å². The molecule has 0 heterocycles. The average molecular weight is 392 g/mol. The third-order valence-corrected chi connectivity index (χ3v) is 4.63. The molecule has 3 rings (SSSR count). The first-order valence-electron chi connectivity index (χ1n) is 9.47. The van der Waals surface area contributed by atoms with Crippen LogP contribution in [0.3, 0.4) is 0 Å². The number of fused-ring (bicyclic) bond motifs is 2. The van der Waals surface area contributed by atoms with Crippen LogP contribution in [0.4, 0.5) is 0 Å². The Kier molecular flexibility index (Phi) is 5.87. The van der Waals surface area contributed by atoms with Crippen molar-refractivity contribution in [2.45, 2.75) is 33.6 Å². The predicted molar refractivity (Wildman–Crippen MR) is 112 cm³/mol. The summed E-state index contributed by atoms with van der Waals surface area (Å²) in [5.74, 6) is 0.704. The minimum absolute atomic E-state index is 0.303. The van der Waals surface area contributed by atoms with E-state index in [9.17, 15) is 9.59 Å². The Labute approximate surface area is 170 Å². The summed E-state index contributed by atoms with van der Waals surface area (Å²) in [7, 11) is 0. The molecule has 0 spiro atoms. The molecule has 2 aromatic rings. The van der Waals surface area contributed by atoms with Crippen LogP contribution in [0, 0.1) is 0 Å². The van der Waals surface area contributed by atoms with E-state index in [1.165, 1.54) is 0 Å². The minimum Gasteiger partial charge on any atom is -0.498 e. The van der Waals surface area contributed by atoms with Crippen LogP contribution in [0.2, 0.25) is 0 Å². The Morgan fingerprint density at radius 3 is 1.93 bits per heavy atom. The summed E-state index contributed by atoms with van der Waals surface area (Å²) in [5, 5.41) is 1.38. The minimum atomic E-state index is -0.503. The van der Waals surface area contributed by atoms with Crippen molar-refractivity contribution in [1.29, 1.82) is 0 Å². The van der Waals surface area contributed by atoms with E-state index in [1.54, 1.807) is 13.8 Å². The second kappa shape index (κ2) is 8.35. The van der Waals surface area contributed by atoms with Crippen molar-refractivity contribution in [2.24, 2.45) is 0 Å². The van der Waals surface area contributed by atoms with E-state index < -0.39 is 11.9 Å². The fourth-order valence-electron chi connectivity index (χ4n) is 3.23. The maximum absolute atomic E-state index is 12.3. The van der Waals surface area contributed by atoms with E-state index in [2.05, 4.69) is 13.2 Å². The second-order valence-corrected chi connectivity index (χ2v) is 6.98. The molecule has 0 saturated heterocycles. The first kappa shape index (κ1) is 20.4. The van der Waals surface area contributed by atoms with E-state index >= 15 is 0 Å². The first-order valence-corrected chi connectivity index (χ1v) is 9.47. The summed E-state index contributed by atoms with van der Waals surface area (Å²) in [4.78, 5) is 24.6. The summed E-state index contributed by atoms with van der Waals surface area (Å²) in [6.45, 7) is 13.0. The van der Waals surface area contributed by atoms with Crippen molar-refractivity contribution in [3.8, 4) is 11.5 Å². The first-order chi connectivity index (χ1) is 13.8. The molecule has 0 atom stereocenters. The van der Waals surface area contributed by atoms with Gasteiger partial charge in [0.05, 0.1) is 12.4 Å². The molecular weight excluding hydrogens is 368 g/mol. The van der Waals surface area contributed by atoms with Crippen molar-refractivity contribution < 1.29 is 23.8 Å². The molecule has 0 bridgehead atoms. The molecule has 0 fully saturated rings. The van der Waals surface area contributed by atoms with Crippen LogP contribution >= 0.6 is 0 Å². The van der Waals surface area contributed by atoms with Gasteiger partial charge in [0, 0.05) is 39.5 Å². The average Bonchev–Trinajstić information content (AvgIpc) is 2.70. The van der Waals surface area contributed by atoms with Crippen molar-refractivity contribution in [3.05, 3.63) is 71.5 Å². The van der Waals surface area contributed by atoms with Crippen LogP contribution in [-0.4, -0.2) is 18.5 Å². The van der Waals surface area contributed by atoms with Crippen molar-refractivity contribution in [1.82, 2.24) is 0 Å². The van der Waals surface area contributed by atoms with Gasteiger partial charge in [-0.15, -0.1) is 0 Å². The van der Waals surface area contributed by atoms with Crippen molar-refractivity contribution >= 4 is 22.7 Å². The van der Waals surface area contributed by atoms with Crippen molar-refractivity contribution in [2.75, 3.05) is 6.61 Å². The molecule has 0 aliphatic heterocycles. The Morgan fingerprint density at radius 1 is 0.931 bits per heavy atom.